The molecule has 0 saturated carbocycles. The van der Waals surface area contributed by atoms with Crippen LogP contribution in [-0.2, 0) is 0 Å². The van der Waals surface area contributed by atoms with Crippen molar-refractivity contribution >= 4 is 0 Å². The molecule has 1 fully saturated rings. The Hall–Kier alpha value is -0.0800. The lowest BCUT2D eigenvalue weighted by Gasteiger charge is -2.27. The number of nitrogens with two attached hydrogens (primary N) is 1. The second-order valence-corrected chi connectivity index (χ2v) is 5.95. The van der Waals surface area contributed by atoms with Crippen molar-refractivity contribution in [3.63, 3.8) is 0 Å². The van der Waals surface area contributed by atoms with Crippen LogP contribution in [0.25, 0.3) is 0 Å². The molecule has 2 heteroatoms. The fourth-order valence-corrected chi connectivity index (χ4v) is 2.22. The van der Waals surface area contributed by atoms with Crippen molar-refractivity contribution in [3.8, 4) is 0 Å². The van der Waals surface area contributed by atoms with Gasteiger partial charge in [0.05, 0.1) is 0 Å². The highest BCUT2D eigenvalue weighted by atomic mass is 15.1. The molecule has 1 saturated heterocycles. The van der Waals surface area contributed by atoms with Crippen molar-refractivity contribution in [3.05, 3.63) is 0 Å². The predicted octanol–water partition coefficient (Wildman–Crippen LogP) is 1.95. The highest BCUT2D eigenvalue weighted by Crippen LogP contribution is 2.33. The van der Waals surface area contributed by atoms with Gasteiger partial charge in [0.2, 0.25) is 0 Å². The summed E-state index contributed by atoms with van der Waals surface area (Å²) in [5.41, 5.74) is 6.12. The van der Waals surface area contributed by atoms with Crippen LogP contribution < -0.4 is 5.73 Å². The molecular weight excluding hydrogens is 172 g/mol. The van der Waals surface area contributed by atoms with Gasteiger partial charge in [-0.15, -0.1) is 0 Å². The van der Waals surface area contributed by atoms with E-state index in [1.807, 2.05) is 0 Å². The van der Waals surface area contributed by atoms with Gasteiger partial charge in [-0.2, -0.15) is 0 Å². The maximum atomic E-state index is 5.64. The molecule has 0 spiro atoms. The molecule has 2 nitrogen and oxygen atoms in total. The Morgan fingerprint density at radius 3 is 2.50 bits per heavy atom. The highest BCUT2D eigenvalue weighted by Gasteiger charge is 2.31. The zero-order chi connectivity index (χ0) is 10.8. The first kappa shape index (κ1) is 12.0. The van der Waals surface area contributed by atoms with Gasteiger partial charge in [-0.1, -0.05) is 27.7 Å². The predicted molar refractivity (Wildman–Crippen MR) is 62.2 cm³/mol. The van der Waals surface area contributed by atoms with Gasteiger partial charge in [0.15, 0.2) is 0 Å². The van der Waals surface area contributed by atoms with E-state index in [4.69, 9.17) is 5.73 Å². The fourth-order valence-electron chi connectivity index (χ4n) is 2.22. The normalized spacial score (nSPS) is 26.8. The van der Waals surface area contributed by atoms with E-state index in [0.29, 0.717) is 11.3 Å². The molecule has 0 amide bonds. The van der Waals surface area contributed by atoms with Gasteiger partial charge in [-0.3, -0.25) is 0 Å². The molecule has 2 atom stereocenters. The lowest BCUT2D eigenvalue weighted by molar-refractivity contribution is 0.218. The lowest BCUT2D eigenvalue weighted by Crippen LogP contribution is -2.31. The van der Waals surface area contributed by atoms with Gasteiger partial charge in [0, 0.05) is 13.1 Å². The molecule has 1 aliphatic rings. The summed E-state index contributed by atoms with van der Waals surface area (Å²) in [5.74, 6) is 1.51. The molecule has 2 N–H and O–H groups in total. The molecule has 1 aliphatic heterocycles. The van der Waals surface area contributed by atoms with Gasteiger partial charge in [0.25, 0.3) is 0 Å². The van der Waals surface area contributed by atoms with E-state index in [1.165, 1.54) is 26.1 Å². The fraction of sp³-hybridized carbons (Fsp3) is 1.00. The minimum Gasteiger partial charge on any atom is -0.330 e. The van der Waals surface area contributed by atoms with Gasteiger partial charge >= 0.3 is 0 Å². The van der Waals surface area contributed by atoms with Gasteiger partial charge in [-0.05, 0) is 36.8 Å². The summed E-state index contributed by atoms with van der Waals surface area (Å²) in [6.45, 7) is 13.8. The Morgan fingerprint density at radius 1 is 1.43 bits per heavy atom. The Balaban J connectivity index is 2.34. The summed E-state index contributed by atoms with van der Waals surface area (Å²) in [6.07, 6.45) is 1.36. The standard InChI is InChI=1S/C12H26N2/c1-10(7-13)8-14-6-5-11(9-14)12(2,3)4/h10-11H,5-9,13H2,1-4H3/t10-,11+/m1/s1. The van der Waals surface area contributed by atoms with E-state index < -0.39 is 0 Å². The monoisotopic (exact) mass is 198 g/mol. The number of rotatable bonds is 3. The van der Waals surface area contributed by atoms with Crippen molar-refractivity contribution in [2.24, 2.45) is 23.0 Å². The number of hydrogen-bond donors (Lipinski definition) is 1. The summed E-state index contributed by atoms with van der Waals surface area (Å²) in [5, 5.41) is 0. The molecule has 0 aromatic heterocycles. The average molecular weight is 198 g/mol. The van der Waals surface area contributed by atoms with E-state index in [1.54, 1.807) is 0 Å². The molecule has 1 heterocycles. The molecule has 0 aromatic carbocycles. The first-order chi connectivity index (χ1) is 6.43. The van der Waals surface area contributed by atoms with Crippen LogP contribution in [-0.4, -0.2) is 31.1 Å². The molecule has 0 aromatic rings. The maximum absolute atomic E-state index is 5.64. The third-order valence-electron chi connectivity index (χ3n) is 3.47. The molecule has 14 heavy (non-hydrogen) atoms. The SMILES string of the molecule is C[C@H](CN)CN1CC[C@H](C(C)(C)C)C1. The van der Waals surface area contributed by atoms with Gasteiger partial charge in [0.1, 0.15) is 0 Å². The van der Waals surface area contributed by atoms with Crippen molar-refractivity contribution < 1.29 is 0 Å². The summed E-state index contributed by atoms with van der Waals surface area (Å²) in [6, 6.07) is 0. The first-order valence-corrected chi connectivity index (χ1v) is 5.86. The molecule has 84 valence electrons. The van der Waals surface area contributed by atoms with Crippen molar-refractivity contribution in [1.29, 1.82) is 0 Å². The van der Waals surface area contributed by atoms with Crippen molar-refractivity contribution in [2.45, 2.75) is 34.1 Å². The first-order valence-electron chi connectivity index (χ1n) is 5.86. The number of hydrogen-bond acceptors (Lipinski definition) is 2. The smallest absolute Gasteiger partial charge is 0.00192 e. The van der Waals surface area contributed by atoms with Crippen LogP contribution >= 0.6 is 0 Å². The Morgan fingerprint density at radius 2 is 2.07 bits per heavy atom. The Kier molecular flexibility index (Phi) is 3.96. The largest absolute Gasteiger partial charge is 0.330 e. The molecule has 0 radical (unpaired) electrons. The highest BCUT2D eigenvalue weighted by molar-refractivity contribution is 4.84. The second-order valence-electron chi connectivity index (χ2n) is 5.95. The van der Waals surface area contributed by atoms with E-state index >= 15 is 0 Å². The lowest BCUT2D eigenvalue weighted by atomic mass is 9.80. The van der Waals surface area contributed by atoms with E-state index in [-0.39, 0.29) is 0 Å². The summed E-state index contributed by atoms with van der Waals surface area (Å²) >= 11 is 0. The Labute approximate surface area is 88.8 Å². The third kappa shape index (κ3) is 3.25. The van der Waals surface area contributed by atoms with Crippen molar-refractivity contribution in [2.75, 3.05) is 26.2 Å². The van der Waals surface area contributed by atoms with Crippen LogP contribution in [0.1, 0.15) is 34.1 Å². The molecule has 1 rings (SSSR count). The van der Waals surface area contributed by atoms with Crippen LogP contribution in [0.2, 0.25) is 0 Å². The van der Waals surface area contributed by atoms with Crippen LogP contribution in [0.5, 0.6) is 0 Å². The van der Waals surface area contributed by atoms with Crippen molar-refractivity contribution in [1.82, 2.24) is 4.90 Å². The van der Waals surface area contributed by atoms with Crippen LogP contribution in [0.4, 0.5) is 0 Å². The van der Waals surface area contributed by atoms with Gasteiger partial charge in [-0.25, -0.2) is 0 Å². The zero-order valence-corrected chi connectivity index (χ0v) is 10.2. The number of nitrogens with zero attached hydrogens (tertiary/aromatic N) is 1. The Bertz CT molecular complexity index is 172. The molecular formula is C12H26N2. The van der Waals surface area contributed by atoms with E-state index in [9.17, 15) is 0 Å². The third-order valence-corrected chi connectivity index (χ3v) is 3.47. The second kappa shape index (κ2) is 4.63. The van der Waals surface area contributed by atoms with E-state index in [2.05, 4.69) is 32.6 Å². The van der Waals surface area contributed by atoms with Crippen LogP contribution in [0, 0.1) is 17.3 Å². The summed E-state index contributed by atoms with van der Waals surface area (Å²) in [4.78, 5) is 2.58. The summed E-state index contributed by atoms with van der Waals surface area (Å²) < 4.78 is 0. The minimum absolute atomic E-state index is 0.473. The minimum atomic E-state index is 0.473. The van der Waals surface area contributed by atoms with E-state index in [0.717, 1.165) is 12.5 Å². The topological polar surface area (TPSA) is 29.3 Å². The summed E-state index contributed by atoms with van der Waals surface area (Å²) in [7, 11) is 0. The average Bonchev–Trinajstić information content (AvgIpc) is 2.51. The van der Waals surface area contributed by atoms with Gasteiger partial charge < -0.3 is 10.6 Å². The molecule has 0 bridgehead atoms. The molecule has 0 unspecified atom stereocenters. The number of likely N-dealkylation sites (tertiary alicyclic amines) is 1. The zero-order valence-electron chi connectivity index (χ0n) is 10.2. The maximum Gasteiger partial charge on any atom is 0.00192 e. The van der Waals surface area contributed by atoms with Crippen LogP contribution in [0.3, 0.4) is 0 Å². The quantitative estimate of drug-likeness (QED) is 0.751. The van der Waals surface area contributed by atoms with Crippen LogP contribution in [0.15, 0.2) is 0 Å². The molecule has 0 aliphatic carbocycles.